The molecule has 0 saturated carbocycles. The van der Waals surface area contributed by atoms with Crippen LogP contribution in [0.4, 0.5) is 69.3 Å². The first-order valence-electron chi connectivity index (χ1n) is 45.8. The number of thiocarbonyl (C=S) groups is 4. The first-order valence-corrected chi connectivity index (χ1v) is 47.8. The summed E-state index contributed by atoms with van der Waals surface area (Å²) in [6, 6.07) is 34.1. The first-order chi connectivity index (χ1) is 64.0. The Morgan fingerprint density at radius 1 is 0.414 bits per heavy atom. The molecule has 26 nitrogen and oxygen atoms in total. The molecule has 12 aromatic rings. The van der Waals surface area contributed by atoms with Gasteiger partial charge < -0.3 is 71.9 Å². The normalized spacial score (nSPS) is 16.4. The van der Waals surface area contributed by atoms with Crippen molar-refractivity contribution < 1.29 is 0 Å². The van der Waals surface area contributed by atoms with Crippen LogP contribution < -0.4 is 42.5 Å². The summed E-state index contributed by atoms with van der Waals surface area (Å²) in [5.74, 6) is 2.69. The van der Waals surface area contributed by atoms with Gasteiger partial charge in [0.2, 0.25) is 23.8 Å². The number of likely N-dealkylation sites (tertiary alicyclic amines) is 2. The monoisotopic (exact) mass is 1870 g/mol. The minimum absolute atomic E-state index is 0.190. The third kappa shape index (κ3) is 24.2. The van der Waals surface area contributed by atoms with Crippen LogP contribution in [0.25, 0.3) is 45.0 Å². The highest BCUT2D eigenvalue weighted by Crippen LogP contribution is 2.45. The molecule has 1 atom stereocenters. The van der Waals surface area contributed by atoms with Crippen LogP contribution in [0, 0.1) is 47.0 Å². The molecule has 8 N–H and O–H groups in total. The number of halogens is 1. The summed E-state index contributed by atoms with van der Waals surface area (Å²) in [4.78, 5) is 73.7. The van der Waals surface area contributed by atoms with Gasteiger partial charge in [0.25, 0.3) is 0 Å². The van der Waals surface area contributed by atoms with Crippen LogP contribution in [-0.4, -0.2) is 229 Å². The van der Waals surface area contributed by atoms with Crippen LogP contribution in [0.15, 0.2) is 153 Å². The molecule has 0 spiro atoms. The van der Waals surface area contributed by atoms with Crippen molar-refractivity contribution in [2.75, 3.05) is 157 Å². The van der Waals surface area contributed by atoms with Gasteiger partial charge in [0.15, 0.2) is 0 Å². The van der Waals surface area contributed by atoms with E-state index in [9.17, 15) is 0 Å². The highest BCUT2D eigenvalue weighted by Gasteiger charge is 2.37. The smallest absolute Gasteiger partial charge is 0.227 e. The number of aromatic nitrogens is 12. The van der Waals surface area contributed by atoms with Crippen LogP contribution in [0.2, 0.25) is 5.02 Å². The maximum absolute atomic E-state index is 6.20. The second-order valence-electron chi connectivity index (χ2n) is 37.2. The van der Waals surface area contributed by atoms with Gasteiger partial charge in [-0.05, 0) is 253 Å². The van der Waals surface area contributed by atoms with E-state index >= 15 is 0 Å². The van der Waals surface area contributed by atoms with Crippen molar-refractivity contribution >= 4 is 150 Å². The number of piperazine rings is 1. The molecule has 7 aliphatic rings. The molecule has 19 rings (SSSR count). The van der Waals surface area contributed by atoms with Gasteiger partial charge >= 0.3 is 0 Å². The maximum atomic E-state index is 6.20. The Labute approximate surface area is 808 Å². The fraction of sp³-hybridized carbons (Fsp3) is 0.373. The second-order valence-corrected chi connectivity index (χ2v) is 39.7. The molecular formula is C102H119ClN26S4. The third-order valence-corrected chi connectivity index (χ3v) is 26.9. The van der Waals surface area contributed by atoms with E-state index in [0.29, 0.717) is 66.5 Å². The Bertz CT molecular complexity index is 6330. The van der Waals surface area contributed by atoms with Crippen molar-refractivity contribution in [1.82, 2.24) is 89.2 Å². The molecule has 31 heteroatoms. The number of nitrogens with zero attached hydrogens (tertiary/aromatic N) is 18. The van der Waals surface area contributed by atoms with Gasteiger partial charge in [0.05, 0.1) is 88.8 Å². The van der Waals surface area contributed by atoms with E-state index in [4.69, 9.17) is 85.4 Å². The van der Waals surface area contributed by atoms with Gasteiger partial charge in [-0.1, -0.05) is 111 Å². The Morgan fingerprint density at radius 3 is 1.25 bits per heavy atom. The van der Waals surface area contributed by atoms with Crippen LogP contribution in [0.1, 0.15) is 117 Å². The van der Waals surface area contributed by atoms with E-state index in [-0.39, 0.29) is 5.41 Å². The largest absolute Gasteiger partial charge is 0.349 e. The number of fused-ring (bicyclic) bond motifs is 12. The molecule has 0 radical (unpaired) electrons. The summed E-state index contributed by atoms with van der Waals surface area (Å²) in [5.41, 5.74) is 30.7. The predicted molar refractivity (Wildman–Crippen MR) is 558 cm³/mol. The molecule has 0 bridgehead atoms. The van der Waals surface area contributed by atoms with E-state index in [1.165, 1.54) is 51.8 Å². The number of nitrogens with one attached hydrogen (secondary N) is 8. The molecule has 133 heavy (non-hydrogen) atoms. The maximum Gasteiger partial charge on any atom is 0.227 e. The van der Waals surface area contributed by atoms with Crippen LogP contribution >= 0.6 is 60.5 Å². The van der Waals surface area contributed by atoms with Crippen LogP contribution in [0.3, 0.4) is 0 Å². The highest BCUT2D eigenvalue weighted by molar-refractivity contribution is 7.81. The SMILES string of the molecule is CN1CCN(CCc2cncc(Nc3ncc4c(n3)-c3ccc(Cl)cc3NC(=S)C4)c2)CC1.Cc1ccc2c(c1)NC(=S)Cc1cnc(Nc3cc(C4CCN(C)CC4(C)C)cnc3C)nc1-2.Cc1ccc2c(c1)NC(=S)Cc1cnc(Nc3cc(CCN(C)C)cnc3C)nc1-2.Cc1ccc2c(c1)NC(=S)Cc1cnc(Nc3cc(CCN4CCC(N(C)C)CC4)cnc3C)nc1-2. The van der Waals surface area contributed by atoms with Crippen molar-refractivity contribution in [2.24, 2.45) is 5.41 Å². The quantitative estimate of drug-likeness (QED) is 0.0350. The van der Waals surface area contributed by atoms with Crippen LogP contribution in [0.5, 0.6) is 0 Å². The molecule has 4 aromatic carbocycles. The number of hydrogen-bond acceptors (Lipinski definition) is 26. The summed E-state index contributed by atoms with van der Waals surface area (Å²) in [6.07, 6.45) is 26.2. The summed E-state index contributed by atoms with van der Waals surface area (Å²) in [6.45, 7) is 29.1. The van der Waals surface area contributed by atoms with E-state index < -0.39 is 0 Å². The number of aryl methyl sites for hydroxylation is 6. The summed E-state index contributed by atoms with van der Waals surface area (Å²) in [7, 11) is 12.9. The zero-order valence-electron chi connectivity index (χ0n) is 78.5. The lowest BCUT2D eigenvalue weighted by Crippen LogP contribution is -2.45. The van der Waals surface area contributed by atoms with Crippen molar-refractivity contribution in [3.8, 4) is 45.0 Å². The Hall–Kier alpha value is -11.4. The zero-order valence-corrected chi connectivity index (χ0v) is 82.5. The lowest BCUT2D eigenvalue weighted by atomic mass is 9.71. The molecule has 8 aromatic heterocycles. The minimum Gasteiger partial charge on any atom is -0.349 e. The van der Waals surface area contributed by atoms with E-state index in [2.05, 4.69) is 263 Å². The highest BCUT2D eigenvalue weighted by atomic mass is 35.5. The van der Waals surface area contributed by atoms with Gasteiger partial charge in [-0.25, -0.2) is 39.9 Å². The van der Waals surface area contributed by atoms with E-state index in [1.807, 2.05) is 88.5 Å². The van der Waals surface area contributed by atoms with Crippen molar-refractivity contribution in [1.29, 1.82) is 0 Å². The molecule has 7 aliphatic heterocycles. The number of benzene rings is 4. The molecule has 0 amide bonds. The topological polar surface area (TPSA) is 270 Å². The van der Waals surface area contributed by atoms with Crippen molar-refractivity contribution in [3.05, 3.63) is 236 Å². The zero-order chi connectivity index (χ0) is 93.3. The summed E-state index contributed by atoms with van der Waals surface area (Å²) in [5, 5.41) is 27.6. The Kier molecular flexibility index (Phi) is 30.3. The van der Waals surface area contributed by atoms with Gasteiger partial charge in [-0.15, -0.1) is 0 Å². The Balaban J connectivity index is 0.000000129. The van der Waals surface area contributed by atoms with E-state index in [1.54, 1.807) is 6.20 Å². The summed E-state index contributed by atoms with van der Waals surface area (Å²) >= 11 is 28.3. The molecule has 15 heterocycles. The number of rotatable bonds is 19. The van der Waals surface area contributed by atoms with E-state index in [0.717, 1.165) is 247 Å². The molecular weight excluding hydrogens is 1750 g/mol. The van der Waals surface area contributed by atoms with Gasteiger partial charge in [-0.2, -0.15) is 0 Å². The van der Waals surface area contributed by atoms with Gasteiger partial charge in [0, 0.05) is 206 Å². The van der Waals surface area contributed by atoms with Crippen molar-refractivity contribution in [2.45, 2.75) is 132 Å². The third-order valence-electron chi connectivity index (χ3n) is 25.7. The number of hydrogen-bond donors (Lipinski definition) is 8. The van der Waals surface area contributed by atoms with Gasteiger partial charge in [0.1, 0.15) is 0 Å². The minimum atomic E-state index is 0.190. The average Bonchev–Trinajstić information content (AvgIpc) is 1.52. The summed E-state index contributed by atoms with van der Waals surface area (Å²) < 4.78 is 0. The lowest BCUT2D eigenvalue weighted by Gasteiger charge is -2.43. The average molecular weight is 1870 g/mol. The number of likely N-dealkylation sites (N-methyl/N-ethyl adjacent to an activating group) is 2. The molecule has 3 saturated heterocycles. The molecule has 0 aliphatic carbocycles. The standard InChI is InChI=1S/C28H35N7S.C27H32N6S.C24H26ClN7S.C23H26N6S/c1-18-5-6-23-25(13-18)31-26(36)15-21-17-30-28(33-27(21)23)32-24-14-20(16-29-19(24)2)7-10-35-11-8-22(9-12-35)34(3)4;1-16-6-7-20-23(10-16)30-24(34)12-19-14-29-26(32-25(19)20)31-22-11-18(13-28-17(22)2)21-8-9-33(5)15-27(21,3)4;1-31-6-8-32(9-7-31)5-4-16-10-19(15-26-13-16)28-24-27-14-17-11-22(33)29-21-12-18(25)2-3-20(21)23(17)30-24;1-14-5-6-18-20(9-14)26-21(30)11-17-13-25-23(28-22(17)18)27-19-10-16(7-8-29(3)4)12-24-15(19)2/h5-6,13-14,16-17,22H,7-12,15H2,1-4H3,(H,31,36)(H,30,32,33);6-7,10-11,13-14,21H,8-9,12,15H2,1-5H3,(H,30,34)(H,29,31,32);2-3,10,12-15H,4-9,11H2,1H3,(H,29,33)(H,27,28,30);5-6,9-10,12-13H,7-8,11H2,1-4H3,(H,26,30)(H,25,27,28). The van der Waals surface area contributed by atoms with Gasteiger partial charge in [-0.3, -0.25) is 19.9 Å². The Morgan fingerprint density at radius 2 is 0.812 bits per heavy atom. The first kappa shape index (κ1) is 94.8. The lowest BCUT2D eigenvalue weighted by molar-refractivity contribution is 0.114. The fourth-order valence-corrected chi connectivity index (χ4v) is 19.4. The number of piperidine rings is 2. The fourth-order valence-electron chi connectivity index (χ4n) is 18.1. The number of anilines is 12. The molecule has 3 fully saturated rings. The number of pyridine rings is 4. The molecule has 688 valence electrons. The second kappa shape index (κ2) is 42.5. The van der Waals surface area contributed by atoms with Crippen molar-refractivity contribution in [3.63, 3.8) is 0 Å². The molecule has 1 unspecified atom stereocenters. The predicted octanol–water partition coefficient (Wildman–Crippen LogP) is 18.7. The van der Waals surface area contributed by atoms with Crippen LogP contribution in [-0.2, 0) is 44.9 Å².